The molecule has 1 aromatic rings. The average Bonchev–Trinajstić information content (AvgIpc) is 2.15. The van der Waals surface area contributed by atoms with Crippen molar-refractivity contribution in [2.24, 2.45) is 4.99 Å². The van der Waals surface area contributed by atoms with Crippen molar-refractivity contribution in [1.29, 1.82) is 0 Å². The van der Waals surface area contributed by atoms with Gasteiger partial charge in [0.2, 0.25) is 0 Å². The molecule has 0 saturated carbocycles. The van der Waals surface area contributed by atoms with Crippen molar-refractivity contribution < 1.29 is 9.90 Å². The molecule has 1 aromatic carbocycles. The Bertz CT molecular complexity index is 306. The minimum absolute atomic E-state index is 0.702. The van der Waals surface area contributed by atoms with Crippen LogP contribution < -0.4 is 0 Å². The van der Waals surface area contributed by atoms with E-state index in [2.05, 4.69) is 4.99 Å². The van der Waals surface area contributed by atoms with Crippen molar-refractivity contribution in [2.45, 2.75) is 13.0 Å². The standard InChI is InChI=1S/C10H11NO2/c1-2-11-9(10(12)13)8-6-4-3-5-7-8/h2-7,9H,1H3,(H,12,13). The average molecular weight is 177 g/mol. The Morgan fingerprint density at radius 3 is 2.54 bits per heavy atom. The summed E-state index contributed by atoms with van der Waals surface area (Å²) in [4.78, 5) is 14.6. The molecule has 1 atom stereocenters. The number of carbonyl (C=O) groups is 1. The molecule has 13 heavy (non-hydrogen) atoms. The molecular weight excluding hydrogens is 166 g/mol. The molecule has 0 aromatic heterocycles. The molecule has 0 radical (unpaired) electrons. The molecule has 3 heteroatoms. The van der Waals surface area contributed by atoms with Gasteiger partial charge in [0.05, 0.1) is 0 Å². The molecule has 0 spiro atoms. The second kappa shape index (κ2) is 4.40. The third-order valence-corrected chi connectivity index (χ3v) is 1.65. The predicted molar refractivity (Wildman–Crippen MR) is 51.0 cm³/mol. The third kappa shape index (κ3) is 2.40. The highest BCUT2D eigenvalue weighted by molar-refractivity contribution is 5.77. The highest BCUT2D eigenvalue weighted by Crippen LogP contribution is 2.16. The van der Waals surface area contributed by atoms with Crippen LogP contribution in [-0.2, 0) is 4.79 Å². The van der Waals surface area contributed by atoms with E-state index in [4.69, 9.17) is 5.11 Å². The zero-order valence-corrected chi connectivity index (χ0v) is 7.34. The van der Waals surface area contributed by atoms with E-state index in [9.17, 15) is 4.79 Å². The number of aliphatic imine (C=N–C) groups is 1. The van der Waals surface area contributed by atoms with Crippen LogP contribution in [0.25, 0.3) is 0 Å². The summed E-state index contributed by atoms with van der Waals surface area (Å²) in [5.41, 5.74) is 0.702. The molecule has 68 valence electrons. The van der Waals surface area contributed by atoms with Crippen LogP contribution >= 0.6 is 0 Å². The number of hydrogen-bond acceptors (Lipinski definition) is 2. The number of carboxylic acid groups (broad SMARTS) is 1. The molecule has 0 aliphatic rings. The van der Waals surface area contributed by atoms with Gasteiger partial charge >= 0.3 is 5.97 Å². The van der Waals surface area contributed by atoms with E-state index < -0.39 is 12.0 Å². The minimum atomic E-state index is -0.927. The van der Waals surface area contributed by atoms with Gasteiger partial charge in [0.1, 0.15) is 0 Å². The van der Waals surface area contributed by atoms with Gasteiger partial charge in [-0.3, -0.25) is 4.99 Å². The fraction of sp³-hybridized carbons (Fsp3) is 0.200. The van der Waals surface area contributed by atoms with Gasteiger partial charge in [0.25, 0.3) is 0 Å². The van der Waals surface area contributed by atoms with Crippen LogP contribution in [0.1, 0.15) is 18.5 Å². The van der Waals surface area contributed by atoms with Crippen LogP contribution in [-0.4, -0.2) is 17.3 Å². The number of benzene rings is 1. The molecule has 0 amide bonds. The topological polar surface area (TPSA) is 49.7 Å². The van der Waals surface area contributed by atoms with E-state index in [0.29, 0.717) is 5.56 Å². The maximum absolute atomic E-state index is 10.8. The van der Waals surface area contributed by atoms with Gasteiger partial charge in [-0.1, -0.05) is 30.3 Å². The van der Waals surface area contributed by atoms with Crippen LogP contribution in [0.15, 0.2) is 35.3 Å². The summed E-state index contributed by atoms with van der Waals surface area (Å²) >= 11 is 0. The monoisotopic (exact) mass is 177 g/mol. The molecule has 1 N–H and O–H groups in total. The van der Waals surface area contributed by atoms with Crippen LogP contribution in [0, 0.1) is 0 Å². The van der Waals surface area contributed by atoms with Gasteiger partial charge in [-0.05, 0) is 18.7 Å². The first-order valence-electron chi connectivity index (χ1n) is 4.01. The number of carboxylic acids is 1. The fourth-order valence-corrected chi connectivity index (χ4v) is 1.08. The second-order valence-corrected chi connectivity index (χ2v) is 2.56. The summed E-state index contributed by atoms with van der Waals surface area (Å²) in [6, 6.07) is 8.19. The maximum atomic E-state index is 10.8. The first-order chi connectivity index (χ1) is 6.25. The zero-order valence-electron chi connectivity index (χ0n) is 7.34. The third-order valence-electron chi connectivity index (χ3n) is 1.65. The lowest BCUT2D eigenvalue weighted by atomic mass is 10.1. The first-order valence-corrected chi connectivity index (χ1v) is 4.01. The summed E-state index contributed by atoms with van der Waals surface area (Å²) in [7, 11) is 0. The van der Waals surface area contributed by atoms with Crippen molar-refractivity contribution >= 4 is 12.2 Å². The molecule has 1 rings (SSSR count). The smallest absolute Gasteiger partial charge is 0.333 e. The van der Waals surface area contributed by atoms with Crippen molar-refractivity contribution in [1.82, 2.24) is 0 Å². The molecule has 1 unspecified atom stereocenters. The molecule has 0 aliphatic carbocycles. The number of nitrogens with zero attached hydrogens (tertiary/aromatic N) is 1. The zero-order chi connectivity index (χ0) is 9.68. The number of rotatable bonds is 3. The van der Waals surface area contributed by atoms with Crippen LogP contribution in [0.3, 0.4) is 0 Å². The van der Waals surface area contributed by atoms with Crippen LogP contribution in [0.4, 0.5) is 0 Å². The Morgan fingerprint density at radius 1 is 1.46 bits per heavy atom. The normalized spacial score (nSPS) is 13.0. The van der Waals surface area contributed by atoms with Gasteiger partial charge in [-0.2, -0.15) is 0 Å². The minimum Gasteiger partial charge on any atom is -0.479 e. The van der Waals surface area contributed by atoms with E-state index in [0.717, 1.165) is 0 Å². The molecule has 0 aliphatic heterocycles. The SMILES string of the molecule is CC=NC(C(=O)O)c1ccccc1. The Kier molecular flexibility index (Phi) is 3.20. The van der Waals surface area contributed by atoms with Gasteiger partial charge in [0, 0.05) is 0 Å². The summed E-state index contributed by atoms with van der Waals surface area (Å²) in [6.45, 7) is 1.71. The maximum Gasteiger partial charge on any atom is 0.333 e. The molecular formula is C10H11NO2. The molecule has 0 heterocycles. The quantitative estimate of drug-likeness (QED) is 0.717. The highest BCUT2D eigenvalue weighted by Gasteiger charge is 2.16. The molecule has 0 fully saturated rings. The van der Waals surface area contributed by atoms with Crippen LogP contribution in [0.5, 0.6) is 0 Å². The van der Waals surface area contributed by atoms with E-state index in [1.54, 1.807) is 31.2 Å². The second-order valence-electron chi connectivity index (χ2n) is 2.56. The van der Waals surface area contributed by atoms with Gasteiger partial charge in [-0.15, -0.1) is 0 Å². The molecule has 0 bridgehead atoms. The largest absolute Gasteiger partial charge is 0.479 e. The molecule has 3 nitrogen and oxygen atoms in total. The Morgan fingerprint density at radius 2 is 2.08 bits per heavy atom. The Hall–Kier alpha value is -1.64. The van der Waals surface area contributed by atoms with Gasteiger partial charge in [0.15, 0.2) is 6.04 Å². The van der Waals surface area contributed by atoms with E-state index in [1.165, 1.54) is 6.21 Å². The van der Waals surface area contributed by atoms with Crippen molar-refractivity contribution in [3.05, 3.63) is 35.9 Å². The van der Waals surface area contributed by atoms with E-state index >= 15 is 0 Å². The summed E-state index contributed by atoms with van der Waals surface area (Å²) in [6.07, 6.45) is 1.51. The van der Waals surface area contributed by atoms with E-state index in [-0.39, 0.29) is 0 Å². The summed E-state index contributed by atoms with van der Waals surface area (Å²) < 4.78 is 0. The Labute approximate surface area is 76.7 Å². The van der Waals surface area contributed by atoms with Gasteiger partial charge < -0.3 is 5.11 Å². The first kappa shape index (κ1) is 9.45. The summed E-state index contributed by atoms with van der Waals surface area (Å²) in [5.74, 6) is -0.927. The fourth-order valence-electron chi connectivity index (χ4n) is 1.08. The lowest BCUT2D eigenvalue weighted by molar-refractivity contribution is -0.138. The Balaban J connectivity index is 2.96. The van der Waals surface area contributed by atoms with Crippen molar-refractivity contribution in [2.75, 3.05) is 0 Å². The lowest BCUT2D eigenvalue weighted by Crippen LogP contribution is -2.08. The molecule has 0 saturated heterocycles. The number of hydrogen-bond donors (Lipinski definition) is 1. The predicted octanol–water partition coefficient (Wildman–Crippen LogP) is 1.90. The number of aliphatic carboxylic acids is 1. The van der Waals surface area contributed by atoms with Crippen molar-refractivity contribution in [3.63, 3.8) is 0 Å². The van der Waals surface area contributed by atoms with Crippen LogP contribution in [0.2, 0.25) is 0 Å². The van der Waals surface area contributed by atoms with Gasteiger partial charge in [-0.25, -0.2) is 4.79 Å². The van der Waals surface area contributed by atoms with Crippen molar-refractivity contribution in [3.8, 4) is 0 Å². The highest BCUT2D eigenvalue weighted by atomic mass is 16.4. The summed E-state index contributed by atoms with van der Waals surface area (Å²) in [5, 5.41) is 8.84. The lowest BCUT2D eigenvalue weighted by Gasteiger charge is -2.06. The van der Waals surface area contributed by atoms with E-state index in [1.807, 2.05) is 6.07 Å².